The number of amides is 1. The fraction of sp³-hybridized carbons (Fsp3) is 0.0870. The molecular formula is C23H18FN5O3. The van der Waals surface area contributed by atoms with Gasteiger partial charge in [-0.15, -0.1) is 0 Å². The Morgan fingerprint density at radius 1 is 1.06 bits per heavy atom. The van der Waals surface area contributed by atoms with E-state index in [1.165, 1.54) is 24.4 Å². The molecule has 32 heavy (non-hydrogen) atoms. The van der Waals surface area contributed by atoms with Crippen LogP contribution in [0.15, 0.2) is 82.6 Å². The molecule has 0 aliphatic carbocycles. The zero-order valence-corrected chi connectivity index (χ0v) is 17.0. The summed E-state index contributed by atoms with van der Waals surface area (Å²) in [7, 11) is 0. The normalized spacial score (nSPS) is 10.7. The van der Waals surface area contributed by atoms with E-state index in [-0.39, 0.29) is 12.2 Å². The van der Waals surface area contributed by atoms with Crippen LogP contribution in [0.1, 0.15) is 21.6 Å². The summed E-state index contributed by atoms with van der Waals surface area (Å²) < 4.78 is 15.4. The lowest BCUT2D eigenvalue weighted by atomic mass is 10.2. The average Bonchev–Trinajstić information content (AvgIpc) is 2.78. The molecule has 0 atom stereocenters. The van der Waals surface area contributed by atoms with Crippen molar-refractivity contribution in [2.75, 3.05) is 5.32 Å². The summed E-state index contributed by atoms with van der Waals surface area (Å²) in [5, 5.41) is 6.50. The van der Waals surface area contributed by atoms with Crippen molar-refractivity contribution in [2.45, 2.75) is 13.5 Å². The first kappa shape index (κ1) is 20.9. The van der Waals surface area contributed by atoms with Crippen LogP contribution in [0.3, 0.4) is 0 Å². The number of nitrogens with zero attached hydrogens (tertiary/aromatic N) is 4. The third kappa shape index (κ3) is 4.36. The molecule has 2 heterocycles. The highest BCUT2D eigenvalue weighted by Crippen LogP contribution is 2.10. The lowest BCUT2D eigenvalue weighted by molar-refractivity contribution is 0.101. The zero-order valence-electron chi connectivity index (χ0n) is 17.0. The first-order chi connectivity index (χ1) is 15.4. The van der Waals surface area contributed by atoms with Crippen molar-refractivity contribution in [1.82, 2.24) is 19.3 Å². The molecule has 9 heteroatoms. The van der Waals surface area contributed by atoms with Crippen molar-refractivity contribution in [3.63, 3.8) is 0 Å². The summed E-state index contributed by atoms with van der Waals surface area (Å²) >= 11 is 0. The Bertz CT molecular complexity index is 1400. The molecule has 160 valence electrons. The zero-order chi connectivity index (χ0) is 22.7. The molecule has 0 fully saturated rings. The second kappa shape index (κ2) is 8.76. The number of carbonyl (C=O) groups is 1. The van der Waals surface area contributed by atoms with Crippen molar-refractivity contribution >= 4 is 11.6 Å². The minimum absolute atomic E-state index is 0.0971. The Labute approximate surface area is 181 Å². The molecule has 1 amide bonds. The van der Waals surface area contributed by atoms with E-state index in [9.17, 15) is 18.8 Å². The first-order valence-corrected chi connectivity index (χ1v) is 9.69. The predicted molar refractivity (Wildman–Crippen MR) is 117 cm³/mol. The van der Waals surface area contributed by atoms with Crippen molar-refractivity contribution < 1.29 is 9.18 Å². The van der Waals surface area contributed by atoms with Gasteiger partial charge in [0.2, 0.25) is 5.69 Å². The molecule has 0 spiro atoms. The van der Waals surface area contributed by atoms with E-state index in [0.29, 0.717) is 11.3 Å². The number of hydrogen-bond acceptors (Lipinski definition) is 5. The maximum atomic E-state index is 13.5. The van der Waals surface area contributed by atoms with E-state index in [0.717, 1.165) is 20.9 Å². The Morgan fingerprint density at radius 3 is 2.53 bits per heavy atom. The molecule has 0 saturated carbocycles. The minimum Gasteiger partial charge on any atom is -0.320 e. The summed E-state index contributed by atoms with van der Waals surface area (Å²) in [6, 6.07) is 15.5. The molecule has 4 aromatic rings. The van der Waals surface area contributed by atoms with Crippen LogP contribution in [0.25, 0.3) is 5.69 Å². The Hall–Kier alpha value is -4.40. The van der Waals surface area contributed by atoms with Gasteiger partial charge in [0.1, 0.15) is 5.82 Å². The number of pyridine rings is 1. The molecule has 0 saturated heterocycles. The van der Waals surface area contributed by atoms with Gasteiger partial charge in [0, 0.05) is 18.1 Å². The van der Waals surface area contributed by atoms with Crippen LogP contribution in [0.2, 0.25) is 0 Å². The Morgan fingerprint density at radius 2 is 1.84 bits per heavy atom. The van der Waals surface area contributed by atoms with Gasteiger partial charge in [-0.3, -0.25) is 19.1 Å². The molecule has 0 unspecified atom stereocenters. The van der Waals surface area contributed by atoms with Crippen molar-refractivity contribution in [2.24, 2.45) is 0 Å². The van der Waals surface area contributed by atoms with Gasteiger partial charge in [0.25, 0.3) is 11.5 Å². The fourth-order valence-corrected chi connectivity index (χ4v) is 3.08. The summed E-state index contributed by atoms with van der Waals surface area (Å²) in [6.07, 6.45) is 3.09. The van der Waals surface area contributed by atoms with Crippen LogP contribution in [0.5, 0.6) is 0 Å². The Kier molecular flexibility index (Phi) is 5.71. The van der Waals surface area contributed by atoms with Gasteiger partial charge in [-0.2, -0.15) is 9.78 Å². The number of halogens is 1. The van der Waals surface area contributed by atoms with Crippen LogP contribution in [-0.4, -0.2) is 25.2 Å². The van der Waals surface area contributed by atoms with Crippen LogP contribution >= 0.6 is 0 Å². The maximum Gasteiger partial charge on any atom is 0.352 e. The average molecular weight is 431 g/mol. The van der Waals surface area contributed by atoms with Crippen LogP contribution in [0.4, 0.5) is 10.1 Å². The molecular weight excluding hydrogens is 413 g/mol. The SMILES string of the molecule is Cc1ccc(-n2nc(C(=O)Nc3cccc(F)c3)c(=O)n(Cc3cccnc3)c2=O)cc1. The molecule has 4 rings (SSSR count). The molecule has 2 aromatic heterocycles. The molecule has 1 N–H and O–H groups in total. The van der Waals surface area contributed by atoms with Crippen LogP contribution in [-0.2, 0) is 6.54 Å². The summed E-state index contributed by atoms with van der Waals surface area (Å²) in [4.78, 5) is 43.0. The van der Waals surface area contributed by atoms with Crippen LogP contribution in [0, 0.1) is 12.7 Å². The highest BCUT2D eigenvalue weighted by molar-refractivity contribution is 6.02. The van der Waals surface area contributed by atoms with Crippen LogP contribution < -0.4 is 16.6 Å². The molecule has 0 aliphatic heterocycles. The highest BCUT2D eigenvalue weighted by atomic mass is 19.1. The standard InChI is InChI=1S/C23H18FN5O3/c1-15-7-9-19(10-8-15)29-23(32)28(14-16-4-3-11-25-13-16)22(31)20(27-29)21(30)26-18-6-2-5-17(24)12-18/h2-13H,14H2,1H3,(H,26,30). The number of nitrogens with one attached hydrogen (secondary N) is 1. The quantitative estimate of drug-likeness (QED) is 0.524. The minimum atomic E-state index is -0.865. The Balaban J connectivity index is 1.84. The third-order valence-electron chi connectivity index (χ3n) is 4.70. The monoisotopic (exact) mass is 431 g/mol. The second-order valence-corrected chi connectivity index (χ2v) is 7.10. The number of aryl methyl sites for hydroxylation is 1. The van der Waals surface area contributed by atoms with Gasteiger partial charge in [-0.05, 0) is 48.9 Å². The fourth-order valence-electron chi connectivity index (χ4n) is 3.08. The van der Waals surface area contributed by atoms with Gasteiger partial charge in [0.05, 0.1) is 12.2 Å². The summed E-state index contributed by atoms with van der Waals surface area (Å²) in [6.45, 7) is 1.79. The predicted octanol–water partition coefficient (Wildman–Crippen LogP) is 2.54. The number of rotatable bonds is 5. The van der Waals surface area contributed by atoms with Gasteiger partial charge in [-0.25, -0.2) is 9.18 Å². The van der Waals surface area contributed by atoms with Gasteiger partial charge < -0.3 is 5.32 Å². The van der Waals surface area contributed by atoms with Crippen molar-refractivity contribution in [1.29, 1.82) is 0 Å². The first-order valence-electron chi connectivity index (χ1n) is 9.69. The van der Waals surface area contributed by atoms with Crippen molar-refractivity contribution in [3.05, 3.63) is 117 Å². The highest BCUT2D eigenvalue weighted by Gasteiger charge is 2.21. The summed E-state index contributed by atoms with van der Waals surface area (Å²) in [5.74, 6) is -1.41. The van der Waals surface area contributed by atoms with E-state index in [2.05, 4.69) is 15.4 Å². The molecule has 0 radical (unpaired) electrons. The number of carbonyl (C=O) groups excluding carboxylic acids is 1. The van der Waals surface area contributed by atoms with E-state index in [1.54, 1.807) is 42.6 Å². The maximum absolute atomic E-state index is 13.5. The lowest BCUT2D eigenvalue weighted by Gasteiger charge is -2.12. The lowest BCUT2D eigenvalue weighted by Crippen LogP contribution is -2.45. The van der Waals surface area contributed by atoms with E-state index in [1.807, 2.05) is 6.92 Å². The number of benzene rings is 2. The summed E-state index contributed by atoms with van der Waals surface area (Å²) in [5.41, 5.74) is 0.0438. The smallest absolute Gasteiger partial charge is 0.320 e. The molecule has 8 nitrogen and oxygen atoms in total. The van der Waals surface area contributed by atoms with Gasteiger partial charge in [0.15, 0.2) is 0 Å². The van der Waals surface area contributed by atoms with Gasteiger partial charge >= 0.3 is 5.69 Å². The largest absolute Gasteiger partial charge is 0.352 e. The number of aromatic nitrogens is 4. The number of hydrogen-bond donors (Lipinski definition) is 1. The third-order valence-corrected chi connectivity index (χ3v) is 4.70. The molecule has 2 aromatic carbocycles. The van der Waals surface area contributed by atoms with Crippen molar-refractivity contribution in [3.8, 4) is 5.69 Å². The number of anilines is 1. The second-order valence-electron chi connectivity index (χ2n) is 7.10. The molecule has 0 aliphatic rings. The molecule has 0 bridgehead atoms. The van der Waals surface area contributed by atoms with Gasteiger partial charge in [-0.1, -0.05) is 29.8 Å². The van der Waals surface area contributed by atoms with E-state index in [4.69, 9.17) is 0 Å². The van der Waals surface area contributed by atoms with E-state index >= 15 is 0 Å². The topological polar surface area (TPSA) is 98.9 Å². The van der Waals surface area contributed by atoms with E-state index < -0.39 is 28.7 Å².